The Labute approximate surface area is 79.6 Å². The van der Waals surface area contributed by atoms with Crippen LogP contribution in [0, 0.1) is 0 Å². The van der Waals surface area contributed by atoms with Crippen LogP contribution in [-0.4, -0.2) is 33.6 Å². The van der Waals surface area contributed by atoms with E-state index in [1.807, 2.05) is 0 Å². The van der Waals surface area contributed by atoms with Crippen molar-refractivity contribution in [1.82, 2.24) is 15.2 Å². The number of H-pyrrole nitrogens is 1. The lowest BCUT2D eigenvalue weighted by molar-refractivity contribution is -0.115. The van der Waals surface area contributed by atoms with E-state index in [0.717, 1.165) is 0 Å². The molecule has 0 saturated carbocycles. The molecule has 1 rings (SSSR count). The molecule has 2 N–H and O–H groups in total. The molecule has 0 aliphatic heterocycles. The maximum atomic E-state index is 11.0. The molecule has 0 saturated heterocycles. The summed E-state index contributed by atoms with van der Waals surface area (Å²) in [4.78, 5) is 14.8. The Kier molecular flexibility index (Phi) is 3.07. The Bertz CT molecular complexity index is 299. The largest absolute Gasteiger partial charge is 0.466 e. The number of anilines is 1. The van der Waals surface area contributed by atoms with Crippen LogP contribution in [0.15, 0.2) is 0 Å². The van der Waals surface area contributed by atoms with Crippen LogP contribution < -0.4 is 10.1 Å². The summed E-state index contributed by atoms with van der Waals surface area (Å²) >= 11 is 5.51. The van der Waals surface area contributed by atoms with Crippen molar-refractivity contribution in [3.8, 4) is 6.01 Å². The van der Waals surface area contributed by atoms with Gasteiger partial charge in [-0.05, 0) is 6.92 Å². The van der Waals surface area contributed by atoms with E-state index < -0.39 is 5.38 Å². The van der Waals surface area contributed by atoms with Crippen molar-refractivity contribution < 1.29 is 9.53 Å². The van der Waals surface area contributed by atoms with Gasteiger partial charge in [-0.3, -0.25) is 10.1 Å². The number of carbonyl (C=O) groups excluding carboxylic acids is 1. The van der Waals surface area contributed by atoms with Crippen LogP contribution in [0.1, 0.15) is 6.92 Å². The van der Waals surface area contributed by atoms with Gasteiger partial charge in [-0.25, -0.2) is 5.10 Å². The predicted molar refractivity (Wildman–Crippen MR) is 46.9 cm³/mol. The number of aromatic amines is 1. The average molecular weight is 205 g/mol. The minimum absolute atomic E-state index is 0.164. The van der Waals surface area contributed by atoms with Gasteiger partial charge < -0.3 is 4.74 Å². The molecule has 0 spiro atoms. The molecule has 0 aliphatic carbocycles. The summed E-state index contributed by atoms with van der Waals surface area (Å²) in [5.74, 6) is -0.130. The number of nitrogens with zero attached hydrogens (tertiary/aromatic N) is 2. The van der Waals surface area contributed by atoms with Crippen LogP contribution in [0.25, 0.3) is 0 Å². The second-order valence-electron chi connectivity index (χ2n) is 2.28. The third-order valence-electron chi connectivity index (χ3n) is 1.25. The maximum Gasteiger partial charge on any atom is 0.336 e. The van der Waals surface area contributed by atoms with E-state index in [1.165, 1.54) is 7.11 Å². The predicted octanol–water partition coefficient (Wildman–Crippen LogP) is 0.379. The minimum atomic E-state index is -0.615. The maximum absolute atomic E-state index is 11.0. The van der Waals surface area contributed by atoms with Gasteiger partial charge in [-0.2, -0.15) is 4.98 Å². The smallest absolute Gasteiger partial charge is 0.336 e. The quantitative estimate of drug-likeness (QED) is 0.698. The van der Waals surface area contributed by atoms with Gasteiger partial charge in [0.05, 0.1) is 7.11 Å². The van der Waals surface area contributed by atoms with Gasteiger partial charge in [-0.15, -0.1) is 16.7 Å². The Morgan fingerprint density at radius 1 is 1.77 bits per heavy atom. The number of hydrogen-bond acceptors (Lipinski definition) is 4. The van der Waals surface area contributed by atoms with Crippen LogP contribution in [0.4, 0.5) is 5.95 Å². The van der Waals surface area contributed by atoms with E-state index in [2.05, 4.69) is 20.5 Å². The average Bonchev–Trinajstić information content (AvgIpc) is 2.52. The number of halogens is 1. The zero-order valence-electron chi connectivity index (χ0n) is 7.17. The molecule has 6 nitrogen and oxygen atoms in total. The highest BCUT2D eigenvalue weighted by Gasteiger charge is 2.11. The van der Waals surface area contributed by atoms with E-state index in [0.29, 0.717) is 0 Å². The van der Waals surface area contributed by atoms with Crippen molar-refractivity contribution in [1.29, 1.82) is 0 Å². The lowest BCUT2D eigenvalue weighted by Gasteiger charge is -2.00. The van der Waals surface area contributed by atoms with Gasteiger partial charge in [0.1, 0.15) is 5.38 Å². The number of hydrogen-bond donors (Lipinski definition) is 2. The van der Waals surface area contributed by atoms with Gasteiger partial charge in [0.2, 0.25) is 11.9 Å². The van der Waals surface area contributed by atoms with E-state index in [-0.39, 0.29) is 17.9 Å². The first-order chi connectivity index (χ1) is 6.13. The normalized spacial score (nSPS) is 12.2. The highest BCUT2D eigenvalue weighted by molar-refractivity contribution is 6.32. The topological polar surface area (TPSA) is 79.9 Å². The summed E-state index contributed by atoms with van der Waals surface area (Å²) in [5.41, 5.74) is 0. The number of amides is 1. The van der Waals surface area contributed by atoms with Gasteiger partial charge >= 0.3 is 6.01 Å². The molecular formula is C6H9ClN4O2. The number of ether oxygens (including phenoxy) is 1. The molecule has 1 unspecified atom stereocenters. The number of carbonyl (C=O) groups is 1. The van der Waals surface area contributed by atoms with E-state index in [4.69, 9.17) is 16.3 Å². The van der Waals surface area contributed by atoms with Crippen LogP contribution in [-0.2, 0) is 4.79 Å². The molecule has 0 fully saturated rings. The van der Waals surface area contributed by atoms with Crippen molar-refractivity contribution in [2.24, 2.45) is 0 Å². The second kappa shape index (κ2) is 4.08. The first kappa shape index (κ1) is 9.79. The Hall–Kier alpha value is -1.30. The number of rotatable bonds is 3. The summed E-state index contributed by atoms with van der Waals surface area (Å²) in [6.45, 7) is 1.56. The minimum Gasteiger partial charge on any atom is -0.466 e. The number of aromatic nitrogens is 3. The van der Waals surface area contributed by atoms with Gasteiger partial charge in [0.25, 0.3) is 0 Å². The van der Waals surface area contributed by atoms with E-state index >= 15 is 0 Å². The molecule has 0 aromatic carbocycles. The number of methoxy groups -OCH3 is 1. The van der Waals surface area contributed by atoms with Crippen molar-refractivity contribution in [3.63, 3.8) is 0 Å². The van der Waals surface area contributed by atoms with Crippen molar-refractivity contribution >= 4 is 23.5 Å². The first-order valence-electron chi connectivity index (χ1n) is 3.55. The summed E-state index contributed by atoms with van der Waals surface area (Å²) in [7, 11) is 1.43. The number of alkyl halides is 1. The summed E-state index contributed by atoms with van der Waals surface area (Å²) < 4.78 is 4.70. The molecule has 0 bridgehead atoms. The molecule has 1 atom stereocenters. The lowest BCUT2D eigenvalue weighted by Crippen LogP contribution is -2.20. The zero-order chi connectivity index (χ0) is 9.84. The molecule has 1 aromatic heterocycles. The third-order valence-corrected chi connectivity index (χ3v) is 1.45. The van der Waals surface area contributed by atoms with E-state index in [9.17, 15) is 4.79 Å². The molecule has 0 radical (unpaired) electrons. The Morgan fingerprint density at radius 3 is 2.92 bits per heavy atom. The van der Waals surface area contributed by atoms with Crippen LogP contribution in [0.3, 0.4) is 0 Å². The first-order valence-corrected chi connectivity index (χ1v) is 3.98. The Balaban J connectivity index is 2.59. The SMILES string of the molecule is COc1n[nH]c(NC(=O)C(C)Cl)n1. The summed E-state index contributed by atoms with van der Waals surface area (Å²) in [6, 6.07) is 0.164. The third kappa shape index (κ3) is 2.59. The molecule has 1 heterocycles. The fraction of sp³-hybridized carbons (Fsp3) is 0.500. The van der Waals surface area contributed by atoms with Gasteiger partial charge in [-0.1, -0.05) is 0 Å². The second-order valence-corrected chi connectivity index (χ2v) is 2.93. The molecule has 1 aromatic rings. The monoisotopic (exact) mass is 204 g/mol. The van der Waals surface area contributed by atoms with Crippen molar-refractivity contribution in [2.45, 2.75) is 12.3 Å². The molecule has 7 heteroatoms. The summed E-state index contributed by atoms with van der Waals surface area (Å²) in [5, 5.41) is 7.90. The standard InChI is InChI=1S/C6H9ClN4O2/c1-3(7)4(12)8-5-9-6(13-2)11-10-5/h3H,1-2H3,(H2,8,9,10,11,12). The van der Waals surface area contributed by atoms with Crippen molar-refractivity contribution in [2.75, 3.05) is 12.4 Å². The lowest BCUT2D eigenvalue weighted by atomic mass is 10.4. The molecular weight excluding hydrogens is 196 g/mol. The van der Waals surface area contributed by atoms with Crippen LogP contribution in [0.2, 0.25) is 0 Å². The summed E-state index contributed by atoms with van der Waals surface area (Å²) in [6.07, 6.45) is 0. The van der Waals surface area contributed by atoms with Crippen molar-refractivity contribution in [3.05, 3.63) is 0 Å². The van der Waals surface area contributed by atoms with Gasteiger partial charge in [0, 0.05) is 0 Å². The Morgan fingerprint density at radius 2 is 2.46 bits per heavy atom. The highest BCUT2D eigenvalue weighted by Crippen LogP contribution is 2.05. The van der Waals surface area contributed by atoms with Crippen LogP contribution in [0.5, 0.6) is 6.01 Å². The molecule has 1 amide bonds. The van der Waals surface area contributed by atoms with Crippen LogP contribution >= 0.6 is 11.6 Å². The van der Waals surface area contributed by atoms with E-state index in [1.54, 1.807) is 6.92 Å². The number of nitrogens with one attached hydrogen (secondary N) is 2. The fourth-order valence-electron chi connectivity index (χ4n) is 0.610. The molecule has 0 aliphatic rings. The molecule has 72 valence electrons. The highest BCUT2D eigenvalue weighted by atomic mass is 35.5. The zero-order valence-corrected chi connectivity index (χ0v) is 7.92. The molecule has 13 heavy (non-hydrogen) atoms. The fourth-order valence-corrected chi connectivity index (χ4v) is 0.664. The van der Waals surface area contributed by atoms with Gasteiger partial charge in [0.15, 0.2) is 0 Å².